The maximum atomic E-state index is 8.49. The largest absolute Gasteiger partial charge is 2.00 e. The Morgan fingerprint density at radius 1 is 1.00 bits per heavy atom. The Bertz CT molecular complexity index is 668. The smallest absolute Gasteiger partial charge is 0.337 e. The summed E-state index contributed by atoms with van der Waals surface area (Å²) in [7, 11) is -7.89. The molecule has 16 heteroatoms. The van der Waals surface area contributed by atoms with Crippen molar-refractivity contribution < 1.29 is 74.8 Å². The van der Waals surface area contributed by atoms with Gasteiger partial charge in [0.05, 0.1) is 12.6 Å². The van der Waals surface area contributed by atoms with E-state index in [-0.39, 0.29) is 17.1 Å². The van der Waals surface area contributed by atoms with Gasteiger partial charge in [0, 0.05) is 51.2 Å². The van der Waals surface area contributed by atoms with Crippen LogP contribution in [0.3, 0.4) is 0 Å². The van der Waals surface area contributed by atoms with Gasteiger partial charge in [-0.2, -0.15) is 5.26 Å². The van der Waals surface area contributed by atoms with Crippen LogP contribution >= 0.6 is 0 Å². The van der Waals surface area contributed by atoms with Crippen LogP contribution in [0.1, 0.15) is 18.4 Å². The summed E-state index contributed by atoms with van der Waals surface area (Å²) in [5.74, 6) is 1.06. The minimum absolute atomic E-state index is 0. The molecule has 0 aromatic carbocycles. The molecule has 2 aromatic rings. The van der Waals surface area contributed by atoms with E-state index in [2.05, 4.69) is 15.3 Å². The van der Waals surface area contributed by atoms with E-state index >= 15 is 0 Å². The second-order valence-electron chi connectivity index (χ2n) is 4.68. The maximum Gasteiger partial charge on any atom is 2.00 e. The Kier molecular flexibility index (Phi) is 20.3. The fourth-order valence-electron chi connectivity index (χ4n) is 1.53. The van der Waals surface area contributed by atoms with Gasteiger partial charge < -0.3 is 9.88 Å². The van der Waals surface area contributed by atoms with Gasteiger partial charge in [-0.25, -0.2) is 42.3 Å². The fraction of sp³-hybridized carbons (Fsp3) is 0.357. The van der Waals surface area contributed by atoms with Crippen LogP contribution in [0.15, 0.2) is 36.8 Å². The zero-order valence-electron chi connectivity index (χ0n) is 15.7. The summed E-state index contributed by atoms with van der Waals surface area (Å²) in [5, 5.41) is 10.7. The van der Waals surface area contributed by atoms with Crippen molar-refractivity contribution in [3.8, 4) is 6.07 Å². The van der Waals surface area contributed by atoms with Crippen LogP contribution in [-0.2, 0) is 37.1 Å². The van der Waals surface area contributed by atoms with Crippen molar-refractivity contribution in [1.82, 2.24) is 19.9 Å². The van der Waals surface area contributed by atoms with Gasteiger partial charge in [-0.05, 0) is 12.1 Å². The molecule has 13 nitrogen and oxygen atoms in total. The summed E-state index contributed by atoms with van der Waals surface area (Å²) in [6, 6.07) is 7.74. The summed E-state index contributed by atoms with van der Waals surface area (Å²) >= 11 is 0. The zero-order chi connectivity index (χ0) is 22.9. The summed E-state index contributed by atoms with van der Waals surface area (Å²) in [4.78, 5) is 8.52. The minimum atomic E-state index is -4.94. The third-order valence-corrected chi connectivity index (χ3v) is 2.49. The van der Waals surface area contributed by atoms with Crippen LogP contribution in [0.25, 0.3) is 0 Å². The van der Waals surface area contributed by atoms with E-state index in [0.717, 1.165) is 31.0 Å². The predicted molar refractivity (Wildman–Crippen MR) is 74.1 cm³/mol. The number of aromatic nitrogens is 3. The van der Waals surface area contributed by atoms with E-state index in [1.54, 1.807) is 6.07 Å². The summed E-state index contributed by atoms with van der Waals surface area (Å²) in [6.07, 6.45) is 6.55. The third kappa shape index (κ3) is 31.3. The van der Waals surface area contributed by atoms with Crippen LogP contribution in [0, 0.1) is 31.8 Å². The fourth-order valence-corrected chi connectivity index (χ4v) is 1.53. The van der Waals surface area contributed by atoms with Gasteiger partial charge in [0.25, 0.3) is 0 Å². The summed E-state index contributed by atoms with van der Waals surface area (Å²) in [6.45, 7) is 3.15. The molecular weight excluding hydrogens is 501 g/mol. The topological polar surface area (TPSA) is 251 Å². The van der Waals surface area contributed by atoms with E-state index in [1.165, 1.54) is 6.92 Å². The van der Waals surface area contributed by atoms with Crippen LogP contribution in [-0.4, -0.2) is 21.1 Å². The normalized spacial score (nSPS) is 9.90. The van der Waals surface area contributed by atoms with Gasteiger partial charge >= 0.3 is 17.1 Å². The molecule has 0 saturated carbocycles. The maximum absolute atomic E-state index is 8.49. The molecule has 1 radical (unpaired) electrons. The average molecular weight is 520 g/mol. The summed E-state index contributed by atoms with van der Waals surface area (Å²) in [5.41, 5.74) is 1.12. The van der Waals surface area contributed by atoms with E-state index < -0.39 is 20.5 Å². The molecule has 2 rings (SSSR count). The van der Waals surface area contributed by atoms with Gasteiger partial charge in [-0.3, -0.25) is 4.98 Å². The van der Waals surface area contributed by atoms with Crippen molar-refractivity contribution in [2.75, 3.05) is 6.54 Å². The number of hydrogen-bond donors (Lipinski definition) is 1. The van der Waals surface area contributed by atoms with Crippen molar-refractivity contribution in [2.45, 2.75) is 19.9 Å². The van der Waals surface area contributed by atoms with Crippen LogP contribution in [0.5, 0.6) is 0 Å². The van der Waals surface area contributed by atoms with E-state index in [4.69, 9.17) is 42.5 Å². The SMILES string of the molecule is CC#N.Cn1ccnc1CNCCc1ccccn1.[Cu+2].[O-][Cl+3]([O-])([O-])[O-].[O-][Cl+3]([O-])([O-])[O-]. The van der Waals surface area contributed by atoms with Crippen molar-refractivity contribution >= 4 is 0 Å². The number of hydrogen-bond acceptors (Lipinski definition) is 12. The number of nitriles is 1. The van der Waals surface area contributed by atoms with Gasteiger partial charge in [0.2, 0.25) is 0 Å². The Hall–Kier alpha value is -1.41. The molecule has 1 N–H and O–H groups in total. The predicted octanol–water partition coefficient (Wildman–Crippen LogP) is -7.84. The van der Waals surface area contributed by atoms with Gasteiger partial charge in [0.1, 0.15) is 5.82 Å². The molecule has 0 fully saturated rings. The van der Waals surface area contributed by atoms with Crippen molar-refractivity contribution in [3.05, 3.63) is 48.3 Å². The second-order valence-corrected chi connectivity index (χ2v) is 6.19. The molecule has 173 valence electrons. The number of aryl methyl sites for hydroxylation is 1. The first-order valence-electron chi connectivity index (χ1n) is 7.39. The second kappa shape index (κ2) is 18.4. The number of imidazole rings is 1. The first-order valence-corrected chi connectivity index (χ1v) is 9.86. The number of rotatable bonds is 5. The molecule has 0 aliphatic rings. The quantitative estimate of drug-likeness (QED) is 0.285. The molecular formula is C14H19Cl2CuN5O8. The molecule has 0 unspecified atom stereocenters. The molecule has 0 bridgehead atoms. The van der Waals surface area contributed by atoms with Gasteiger partial charge in [-0.15, -0.1) is 20.5 Å². The molecule has 0 saturated heterocycles. The zero-order valence-corrected chi connectivity index (χ0v) is 18.2. The van der Waals surface area contributed by atoms with Gasteiger partial charge in [-0.1, -0.05) is 6.07 Å². The first-order chi connectivity index (χ1) is 13.3. The molecule has 0 atom stereocenters. The Balaban J connectivity index is -0.000000434. The molecule has 0 aliphatic carbocycles. The average Bonchev–Trinajstić information content (AvgIpc) is 2.95. The Morgan fingerprint density at radius 3 is 1.87 bits per heavy atom. The Morgan fingerprint density at radius 2 is 1.50 bits per heavy atom. The number of pyridine rings is 1. The third-order valence-electron chi connectivity index (χ3n) is 2.49. The van der Waals surface area contributed by atoms with Crippen molar-refractivity contribution in [3.63, 3.8) is 0 Å². The standard InChI is InChI=1S/C12H16N4.C2H3N.2ClHO4.Cu/c1-16-9-8-15-12(16)10-13-7-5-11-4-2-3-6-14-11;1-2-3;2*2-1(3,4)5;/h2-4,6,8-9,13H,5,7,10H2,1H3;1H3;2*(H,2,3,4,5);/q;;;;+2/p-2. The van der Waals surface area contributed by atoms with E-state index in [1.807, 2.05) is 48.4 Å². The van der Waals surface area contributed by atoms with Crippen molar-refractivity contribution in [2.24, 2.45) is 7.05 Å². The molecule has 0 amide bonds. The molecule has 0 aliphatic heterocycles. The number of halogens is 2. The van der Waals surface area contributed by atoms with E-state index in [0.29, 0.717) is 0 Å². The first kappa shape index (κ1) is 33.2. The molecule has 2 aromatic heterocycles. The molecule has 2 heterocycles. The minimum Gasteiger partial charge on any atom is -0.337 e. The van der Waals surface area contributed by atoms with Crippen LogP contribution in [0.2, 0.25) is 0 Å². The van der Waals surface area contributed by atoms with Crippen LogP contribution in [0.4, 0.5) is 0 Å². The van der Waals surface area contributed by atoms with Crippen molar-refractivity contribution in [1.29, 1.82) is 5.26 Å². The number of nitrogens with zero attached hydrogens (tertiary/aromatic N) is 4. The molecule has 30 heavy (non-hydrogen) atoms. The Labute approximate surface area is 187 Å². The van der Waals surface area contributed by atoms with Crippen LogP contribution < -0.4 is 42.6 Å². The van der Waals surface area contributed by atoms with E-state index in [9.17, 15) is 0 Å². The van der Waals surface area contributed by atoms with Gasteiger partial charge in [0.15, 0.2) is 0 Å². The molecule has 0 spiro atoms. The number of nitrogens with one attached hydrogen (secondary N) is 1. The monoisotopic (exact) mass is 518 g/mol. The summed E-state index contributed by atoms with van der Waals surface area (Å²) < 4.78 is 70.0.